The van der Waals surface area contributed by atoms with Gasteiger partial charge in [0.2, 0.25) is 5.95 Å². The number of aromatic nitrogens is 1. The highest BCUT2D eigenvalue weighted by molar-refractivity contribution is 5.33. The Hall–Kier alpha value is -1.16. The van der Waals surface area contributed by atoms with Crippen LogP contribution >= 0.6 is 0 Å². The maximum absolute atomic E-state index is 12.7. The lowest BCUT2D eigenvalue weighted by Crippen LogP contribution is -2.38. The number of nitrogens with zero attached hydrogens (tertiary/aromatic N) is 1. The van der Waals surface area contributed by atoms with Gasteiger partial charge in [-0.2, -0.15) is 4.39 Å². The van der Waals surface area contributed by atoms with E-state index in [0.717, 1.165) is 13.1 Å². The van der Waals surface area contributed by atoms with Crippen LogP contribution in [0.15, 0.2) is 18.2 Å². The Bertz CT molecular complexity index is 307. The van der Waals surface area contributed by atoms with Crippen molar-refractivity contribution in [1.82, 2.24) is 10.3 Å². The highest BCUT2D eigenvalue weighted by Crippen LogP contribution is 2.02. The van der Waals surface area contributed by atoms with E-state index in [0.29, 0.717) is 5.82 Å². The highest BCUT2D eigenvalue weighted by Gasteiger charge is 2.06. The summed E-state index contributed by atoms with van der Waals surface area (Å²) in [5.74, 6) is 0.120. The maximum Gasteiger partial charge on any atom is 0.214 e. The van der Waals surface area contributed by atoms with Crippen molar-refractivity contribution in [3.63, 3.8) is 0 Å². The van der Waals surface area contributed by atoms with E-state index in [1.165, 1.54) is 6.07 Å². The fraction of sp³-hybridized carbons (Fsp3) is 0.545. The number of hydrogen-bond donors (Lipinski definition) is 2. The van der Waals surface area contributed by atoms with Gasteiger partial charge in [-0.25, -0.2) is 4.98 Å². The maximum atomic E-state index is 12.7. The van der Waals surface area contributed by atoms with Crippen molar-refractivity contribution in [1.29, 1.82) is 0 Å². The molecular formula is C11H18FN3. The molecule has 0 aliphatic carbocycles. The van der Waals surface area contributed by atoms with E-state index in [1.807, 2.05) is 0 Å². The number of nitrogens with one attached hydrogen (secondary N) is 2. The van der Waals surface area contributed by atoms with E-state index in [2.05, 4.69) is 36.4 Å². The summed E-state index contributed by atoms with van der Waals surface area (Å²) < 4.78 is 12.7. The topological polar surface area (TPSA) is 37.0 Å². The third-order valence-corrected chi connectivity index (χ3v) is 1.80. The summed E-state index contributed by atoms with van der Waals surface area (Å²) in [7, 11) is 0. The molecule has 15 heavy (non-hydrogen) atoms. The zero-order valence-corrected chi connectivity index (χ0v) is 9.47. The van der Waals surface area contributed by atoms with E-state index < -0.39 is 5.95 Å². The first-order valence-corrected chi connectivity index (χ1v) is 5.09. The highest BCUT2D eigenvalue weighted by atomic mass is 19.1. The van der Waals surface area contributed by atoms with Gasteiger partial charge in [-0.15, -0.1) is 0 Å². The molecule has 84 valence electrons. The minimum absolute atomic E-state index is 0.108. The first-order chi connectivity index (χ1) is 6.97. The van der Waals surface area contributed by atoms with E-state index in [-0.39, 0.29) is 5.54 Å². The van der Waals surface area contributed by atoms with Gasteiger partial charge in [0.05, 0.1) is 0 Å². The van der Waals surface area contributed by atoms with Gasteiger partial charge < -0.3 is 10.6 Å². The molecule has 0 saturated carbocycles. The first-order valence-electron chi connectivity index (χ1n) is 5.09. The largest absolute Gasteiger partial charge is 0.369 e. The van der Waals surface area contributed by atoms with Crippen LogP contribution in [-0.4, -0.2) is 23.6 Å². The monoisotopic (exact) mass is 211 g/mol. The van der Waals surface area contributed by atoms with Crippen molar-refractivity contribution in [3.8, 4) is 0 Å². The number of halogens is 1. The first kappa shape index (κ1) is 11.9. The van der Waals surface area contributed by atoms with E-state index in [9.17, 15) is 4.39 Å². The van der Waals surface area contributed by atoms with Crippen LogP contribution in [0.3, 0.4) is 0 Å². The van der Waals surface area contributed by atoms with Crippen LogP contribution in [0.5, 0.6) is 0 Å². The number of anilines is 1. The van der Waals surface area contributed by atoms with Gasteiger partial charge >= 0.3 is 0 Å². The van der Waals surface area contributed by atoms with E-state index in [4.69, 9.17) is 0 Å². The average Bonchev–Trinajstić information content (AvgIpc) is 2.11. The molecule has 0 unspecified atom stereocenters. The Morgan fingerprint density at radius 2 is 2.00 bits per heavy atom. The molecule has 0 aromatic carbocycles. The van der Waals surface area contributed by atoms with Crippen molar-refractivity contribution >= 4 is 5.82 Å². The minimum Gasteiger partial charge on any atom is -0.369 e. The van der Waals surface area contributed by atoms with Crippen molar-refractivity contribution in [2.24, 2.45) is 0 Å². The summed E-state index contributed by atoms with van der Waals surface area (Å²) in [6, 6.07) is 4.72. The van der Waals surface area contributed by atoms with Gasteiger partial charge in [-0.3, -0.25) is 0 Å². The van der Waals surface area contributed by atoms with Crippen molar-refractivity contribution < 1.29 is 4.39 Å². The second-order valence-corrected chi connectivity index (χ2v) is 4.45. The number of hydrogen-bond acceptors (Lipinski definition) is 3. The van der Waals surface area contributed by atoms with Crippen LogP contribution in [0, 0.1) is 5.95 Å². The van der Waals surface area contributed by atoms with Crippen LogP contribution in [0.1, 0.15) is 20.8 Å². The number of pyridine rings is 1. The van der Waals surface area contributed by atoms with Crippen molar-refractivity contribution in [3.05, 3.63) is 24.1 Å². The molecule has 1 rings (SSSR count). The molecule has 3 nitrogen and oxygen atoms in total. The average molecular weight is 211 g/mol. The molecule has 0 spiro atoms. The molecule has 0 radical (unpaired) electrons. The Morgan fingerprint density at radius 3 is 2.60 bits per heavy atom. The molecule has 0 amide bonds. The van der Waals surface area contributed by atoms with Gasteiger partial charge in [-0.05, 0) is 32.9 Å². The van der Waals surface area contributed by atoms with Crippen LogP contribution in [0.25, 0.3) is 0 Å². The fourth-order valence-corrected chi connectivity index (χ4v) is 1.13. The smallest absolute Gasteiger partial charge is 0.214 e. The summed E-state index contributed by atoms with van der Waals surface area (Å²) >= 11 is 0. The van der Waals surface area contributed by atoms with Crippen LogP contribution < -0.4 is 10.6 Å². The second kappa shape index (κ2) is 5.07. The fourth-order valence-electron chi connectivity index (χ4n) is 1.13. The van der Waals surface area contributed by atoms with Gasteiger partial charge in [0.1, 0.15) is 5.82 Å². The minimum atomic E-state index is -0.455. The van der Waals surface area contributed by atoms with Crippen LogP contribution in [0.4, 0.5) is 10.2 Å². The van der Waals surface area contributed by atoms with E-state index in [1.54, 1.807) is 12.1 Å². The van der Waals surface area contributed by atoms with Crippen LogP contribution in [0.2, 0.25) is 0 Å². The summed E-state index contributed by atoms with van der Waals surface area (Å²) in [6.45, 7) is 7.86. The van der Waals surface area contributed by atoms with Gasteiger partial charge in [0.25, 0.3) is 0 Å². The molecule has 0 atom stereocenters. The second-order valence-electron chi connectivity index (χ2n) is 4.45. The Labute approximate surface area is 90.1 Å². The Balaban J connectivity index is 2.26. The summed E-state index contributed by atoms with van der Waals surface area (Å²) in [5, 5.41) is 6.37. The predicted molar refractivity (Wildman–Crippen MR) is 60.4 cm³/mol. The molecule has 0 aliphatic heterocycles. The Morgan fingerprint density at radius 1 is 1.27 bits per heavy atom. The predicted octanol–water partition coefficient (Wildman–Crippen LogP) is 2.02. The molecule has 0 saturated heterocycles. The van der Waals surface area contributed by atoms with Crippen molar-refractivity contribution in [2.45, 2.75) is 26.3 Å². The lowest BCUT2D eigenvalue weighted by molar-refractivity contribution is 0.435. The lowest BCUT2D eigenvalue weighted by Gasteiger charge is -2.20. The molecular weight excluding hydrogens is 193 g/mol. The van der Waals surface area contributed by atoms with Gasteiger partial charge in [0, 0.05) is 18.6 Å². The quantitative estimate of drug-likeness (QED) is 0.591. The van der Waals surface area contributed by atoms with Gasteiger partial charge in [-0.1, -0.05) is 6.07 Å². The lowest BCUT2D eigenvalue weighted by atomic mass is 10.1. The molecule has 0 aliphatic rings. The zero-order chi connectivity index (χ0) is 11.3. The molecule has 0 bridgehead atoms. The summed E-state index contributed by atoms with van der Waals surface area (Å²) in [6.07, 6.45) is 0. The van der Waals surface area contributed by atoms with Crippen molar-refractivity contribution in [2.75, 3.05) is 18.4 Å². The molecule has 1 heterocycles. The molecule has 1 aromatic heterocycles. The zero-order valence-electron chi connectivity index (χ0n) is 9.47. The number of rotatable bonds is 4. The summed E-state index contributed by atoms with van der Waals surface area (Å²) in [5.41, 5.74) is 0.108. The normalized spacial score (nSPS) is 11.5. The molecule has 1 aromatic rings. The summed E-state index contributed by atoms with van der Waals surface area (Å²) in [4.78, 5) is 3.70. The molecule has 4 heteroatoms. The van der Waals surface area contributed by atoms with Crippen LogP contribution in [-0.2, 0) is 0 Å². The Kier molecular flexibility index (Phi) is 4.03. The SMILES string of the molecule is CC(C)(C)NCCNc1cccc(F)n1. The van der Waals surface area contributed by atoms with Gasteiger partial charge in [0.15, 0.2) is 0 Å². The molecule has 0 fully saturated rings. The third kappa shape index (κ3) is 5.32. The molecule has 2 N–H and O–H groups in total. The standard InChI is InChI=1S/C11H18FN3/c1-11(2,3)14-8-7-13-10-6-4-5-9(12)15-10/h4-6,14H,7-8H2,1-3H3,(H,13,15). The third-order valence-electron chi connectivity index (χ3n) is 1.80. The van der Waals surface area contributed by atoms with E-state index >= 15 is 0 Å².